The predicted molar refractivity (Wildman–Crippen MR) is 70.0 cm³/mol. The molecule has 0 saturated heterocycles. The van der Waals surface area contributed by atoms with Crippen LogP contribution in [0.3, 0.4) is 0 Å². The Labute approximate surface area is 113 Å². The first kappa shape index (κ1) is 13.7. The van der Waals surface area contributed by atoms with Gasteiger partial charge < -0.3 is 16.2 Å². The number of carboxylic acid groups (broad SMARTS) is 1. The van der Waals surface area contributed by atoms with Crippen molar-refractivity contribution in [2.75, 3.05) is 11.1 Å². The van der Waals surface area contributed by atoms with Crippen LogP contribution in [0.1, 0.15) is 15.9 Å². The van der Waals surface area contributed by atoms with E-state index >= 15 is 0 Å². The number of nitrogens with two attached hydrogens (primary N) is 1. The van der Waals surface area contributed by atoms with Gasteiger partial charge in [0.15, 0.2) is 11.6 Å². The predicted octanol–water partition coefficient (Wildman–Crippen LogP) is 2.69. The van der Waals surface area contributed by atoms with Crippen molar-refractivity contribution in [1.82, 2.24) is 4.98 Å². The SMILES string of the molecule is Cc1ccc(F)c(Nc2ncc(C(=O)O)cc2N)c1F. The number of nitrogens with one attached hydrogen (secondary N) is 1. The summed E-state index contributed by atoms with van der Waals surface area (Å²) in [6, 6.07) is 3.58. The van der Waals surface area contributed by atoms with E-state index in [9.17, 15) is 13.6 Å². The standard InChI is InChI=1S/C13H11F2N3O2/c1-6-2-3-8(14)11(10(6)15)18-12-9(16)4-7(5-17-12)13(19)20/h2-5H,16H2,1H3,(H,17,18)(H,19,20). The fourth-order valence-electron chi connectivity index (χ4n) is 1.59. The monoisotopic (exact) mass is 279 g/mol. The number of rotatable bonds is 3. The van der Waals surface area contributed by atoms with Crippen molar-refractivity contribution in [2.45, 2.75) is 6.92 Å². The van der Waals surface area contributed by atoms with Gasteiger partial charge >= 0.3 is 5.97 Å². The molecule has 7 heteroatoms. The van der Waals surface area contributed by atoms with E-state index in [4.69, 9.17) is 10.8 Å². The van der Waals surface area contributed by atoms with Crippen LogP contribution in [-0.2, 0) is 0 Å². The number of nitrogen functional groups attached to an aromatic ring is 1. The topological polar surface area (TPSA) is 88.2 Å². The molecule has 0 bridgehead atoms. The lowest BCUT2D eigenvalue weighted by atomic mass is 10.2. The first-order valence-corrected chi connectivity index (χ1v) is 5.60. The molecule has 4 N–H and O–H groups in total. The van der Waals surface area contributed by atoms with Crippen molar-refractivity contribution < 1.29 is 18.7 Å². The molecule has 104 valence electrons. The maximum Gasteiger partial charge on any atom is 0.337 e. The number of nitrogens with zero attached hydrogens (tertiary/aromatic N) is 1. The second-order valence-electron chi connectivity index (χ2n) is 4.15. The number of hydrogen-bond acceptors (Lipinski definition) is 4. The molecule has 0 spiro atoms. The highest BCUT2D eigenvalue weighted by Crippen LogP contribution is 2.27. The molecule has 5 nitrogen and oxygen atoms in total. The van der Waals surface area contributed by atoms with Gasteiger partial charge in [0.2, 0.25) is 0 Å². The molecule has 0 radical (unpaired) electrons. The van der Waals surface area contributed by atoms with E-state index in [0.29, 0.717) is 0 Å². The zero-order valence-electron chi connectivity index (χ0n) is 10.4. The second-order valence-corrected chi connectivity index (χ2v) is 4.15. The molecule has 0 saturated carbocycles. The molecule has 0 fully saturated rings. The van der Waals surface area contributed by atoms with Crippen LogP contribution in [-0.4, -0.2) is 16.1 Å². The summed E-state index contributed by atoms with van der Waals surface area (Å²) in [6.07, 6.45) is 1.05. The van der Waals surface area contributed by atoms with Gasteiger partial charge in [0, 0.05) is 6.20 Å². The Hall–Kier alpha value is -2.70. The Morgan fingerprint density at radius 1 is 1.40 bits per heavy atom. The normalized spacial score (nSPS) is 10.3. The highest BCUT2D eigenvalue weighted by Gasteiger charge is 2.14. The summed E-state index contributed by atoms with van der Waals surface area (Å²) < 4.78 is 27.4. The van der Waals surface area contributed by atoms with Crippen molar-refractivity contribution in [1.29, 1.82) is 0 Å². The molecule has 2 aromatic rings. The Morgan fingerprint density at radius 3 is 2.70 bits per heavy atom. The third kappa shape index (κ3) is 2.51. The van der Waals surface area contributed by atoms with Crippen molar-refractivity contribution >= 4 is 23.2 Å². The minimum absolute atomic E-state index is 0.0154. The van der Waals surface area contributed by atoms with Crippen LogP contribution in [0, 0.1) is 18.6 Å². The molecule has 1 aromatic heterocycles. The van der Waals surface area contributed by atoms with Gasteiger partial charge in [0.25, 0.3) is 0 Å². The van der Waals surface area contributed by atoms with E-state index < -0.39 is 17.6 Å². The van der Waals surface area contributed by atoms with Gasteiger partial charge in [0.1, 0.15) is 11.5 Å². The average molecular weight is 279 g/mol. The summed E-state index contributed by atoms with van der Waals surface area (Å²) >= 11 is 0. The minimum atomic E-state index is -1.19. The number of aromatic carboxylic acids is 1. The molecular weight excluding hydrogens is 268 g/mol. The number of pyridine rings is 1. The number of aryl methyl sites for hydroxylation is 1. The molecule has 0 atom stereocenters. The molecule has 1 aromatic carbocycles. The average Bonchev–Trinajstić information content (AvgIpc) is 2.40. The van der Waals surface area contributed by atoms with E-state index in [2.05, 4.69) is 10.3 Å². The summed E-state index contributed by atoms with van der Waals surface area (Å²) in [6.45, 7) is 1.49. The lowest BCUT2D eigenvalue weighted by Crippen LogP contribution is -2.06. The number of hydrogen-bond donors (Lipinski definition) is 3. The smallest absolute Gasteiger partial charge is 0.337 e. The van der Waals surface area contributed by atoms with Gasteiger partial charge in [-0.3, -0.25) is 0 Å². The molecule has 0 aliphatic carbocycles. The van der Waals surface area contributed by atoms with Gasteiger partial charge in [-0.05, 0) is 24.6 Å². The third-order valence-corrected chi connectivity index (χ3v) is 2.69. The minimum Gasteiger partial charge on any atom is -0.478 e. The highest BCUT2D eigenvalue weighted by molar-refractivity contribution is 5.89. The number of aromatic nitrogens is 1. The Balaban J connectivity index is 2.41. The first-order chi connectivity index (χ1) is 9.40. The fourth-order valence-corrected chi connectivity index (χ4v) is 1.59. The number of benzene rings is 1. The lowest BCUT2D eigenvalue weighted by Gasteiger charge is -2.11. The van der Waals surface area contributed by atoms with Crippen LogP contribution in [0.25, 0.3) is 0 Å². The number of halogens is 2. The van der Waals surface area contributed by atoms with Gasteiger partial charge in [-0.1, -0.05) is 6.07 Å². The quantitative estimate of drug-likeness (QED) is 0.804. The largest absolute Gasteiger partial charge is 0.478 e. The number of carboxylic acids is 1. The molecular formula is C13H11F2N3O2. The first-order valence-electron chi connectivity index (χ1n) is 5.60. The summed E-state index contributed by atoms with van der Waals surface area (Å²) in [5.74, 6) is -2.76. The van der Waals surface area contributed by atoms with Crippen LogP contribution >= 0.6 is 0 Å². The van der Waals surface area contributed by atoms with Crippen molar-refractivity contribution in [3.63, 3.8) is 0 Å². The molecule has 20 heavy (non-hydrogen) atoms. The van der Waals surface area contributed by atoms with Crippen LogP contribution in [0.15, 0.2) is 24.4 Å². The lowest BCUT2D eigenvalue weighted by molar-refractivity contribution is 0.0696. The zero-order valence-corrected chi connectivity index (χ0v) is 10.4. The van der Waals surface area contributed by atoms with E-state index in [0.717, 1.165) is 18.3 Å². The van der Waals surface area contributed by atoms with Gasteiger partial charge in [-0.2, -0.15) is 0 Å². The van der Waals surface area contributed by atoms with Crippen molar-refractivity contribution in [2.24, 2.45) is 0 Å². The van der Waals surface area contributed by atoms with Crippen LogP contribution in [0.5, 0.6) is 0 Å². The van der Waals surface area contributed by atoms with E-state index in [1.165, 1.54) is 13.0 Å². The molecule has 0 amide bonds. The van der Waals surface area contributed by atoms with Gasteiger partial charge in [-0.15, -0.1) is 0 Å². The van der Waals surface area contributed by atoms with Crippen molar-refractivity contribution in [3.8, 4) is 0 Å². The molecule has 1 heterocycles. The maximum absolute atomic E-state index is 13.8. The highest BCUT2D eigenvalue weighted by atomic mass is 19.1. The van der Waals surface area contributed by atoms with E-state index in [-0.39, 0.29) is 28.3 Å². The summed E-state index contributed by atoms with van der Waals surface area (Å²) in [4.78, 5) is 14.5. The Kier molecular flexibility index (Phi) is 3.51. The molecule has 2 rings (SSSR count). The number of carbonyl (C=O) groups is 1. The molecule has 0 aliphatic heterocycles. The second kappa shape index (κ2) is 5.12. The van der Waals surface area contributed by atoms with Crippen LogP contribution in [0.4, 0.5) is 26.0 Å². The fraction of sp³-hybridized carbons (Fsp3) is 0.0769. The van der Waals surface area contributed by atoms with Crippen molar-refractivity contribution in [3.05, 3.63) is 47.2 Å². The van der Waals surface area contributed by atoms with E-state index in [1.54, 1.807) is 0 Å². The van der Waals surface area contributed by atoms with Crippen LogP contribution in [0.2, 0.25) is 0 Å². The Bertz CT molecular complexity index is 690. The van der Waals surface area contributed by atoms with Crippen LogP contribution < -0.4 is 11.1 Å². The summed E-state index contributed by atoms with van der Waals surface area (Å²) in [5.41, 5.74) is 5.35. The molecule has 0 unspecified atom stereocenters. The van der Waals surface area contributed by atoms with Gasteiger partial charge in [0.05, 0.1) is 11.3 Å². The van der Waals surface area contributed by atoms with E-state index in [1.807, 2.05) is 0 Å². The Morgan fingerprint density at radius 2 is 2.10 bits per heavy atom. The third-order valence-electron chi connectivity index (χ3n) is 2.69. The van der Waals surface area contributed by atoms with Gasteiger partial charge in [-0.25, -0.2) is 18.6 Å². The maximum atomic E-state index is 13.8. The zero-order chi connectivity index (χ0) is 14.9. The summed E-state index contributed by atoms with van der Waals surface area (Å²) in [5, 5.41) is 11.2. The summed E-state index contributed by atoms with van der Waals surface area (Å²) in [7, 11) is 0. The number of anilines is 3. The molecule has 0 aliphatic rings.